The number of hydrogen-bond acceptors (Lipinski definition) is 4. The second-order valence-electron chi connectivity index (χ2n) is 5.65. The average Bonchev–Trinajstić information content (AvgIpc) is 2.65. The van der Waals surface area contributed by atoms with Crippen molar-refractivity contribution < 1.29 is 19.1 Å². The SMILES string of the molecule is CCOc1ccccc1OCCCC(=O)NC(C(N)=O)c1ccccc1. The van der Waals surface area contributed by atoms with Gasteiger partial charge in [-0.1, -0.05) is 42.5 Å². The smallest absolute Gasteiger partial charge is 0.244 e. The number of ether oxygens (including phenoxy) is 2. The normalized spacial score (nSPS) is 11.4. The van der Waals surface area contributed by atoms with Crippen molar-refractivity contribution in [3.63, 3.8) is 0 Å². The molecule has 2 aromatic carbocycles. The Morgan fingerprint density at radius 3 is 2.23 bits per heavy atom. The van der Waals surface area contributed by atoms with E-state index in [1.54, 1.807) is 24.3 Å². The fourth-order valence-electron chi connectivity index (χ4n) is 2.46. The molecular weight excluding hydrogens is 332 g/mol. The topological polar surface area (TPSA) is 90.7 Å². The van der Waals surface area contributed by atoms with Crippen LogP contribution in [0.1, 0.15) is 31.4 Å². The molecule has 3 N–H and O–H groups in total. The summed E-state index contributed by atoms with van der Waals surface area (Å²) in [6.45, 7) is 2.82. The molecule has 0 bridgehead atoms. The van der Waals surface area contributed by atoms with Crippen LogP contribution in [0.4, 0.5) is 0 Å². The monoisotopic (exact) mass is 356 g/mol. The number of hydrogen-bond donors (Lipinski definition) is 2. The Kier molecular flexibility index (Phi) is 7.49. The second kappa shape index (κ2) is 10.1. The number of carbonyl (C=O) groups is 2. The molecule has 0 saturated carbocycles. The summed E-state index contributed by atoms with van der Waals surface area (Å²) in [6.07, 6.45) is 0.736. The van der Waals surface area contributed by atoms with E-state index in [4.69, 9.17) is 15.2 Å². The molecule has 0 heterocycles. The Morgan fingerprint density at radius 1 is 1.00 bits per heavy atom. The second-order valence-corrected chi connectivity index (χ2v) is 5.65. The van der Waals surface area contributed by atoms with Crippen molar-refractivity contribution in [2.24, 2.45) is 5.73 Å². The molecule has 2 amide bonds. The van der Waals surface area contributed by atoms with E-state index in [0.717, 1.165) is 0 Å². The maximum Gasteiger partial charge on any atom is 0.244 e. The highest BCUT2D eigenvalue weighted by atomic mass is 16.5. The summed E-state index contributed by atoms with van der Waals surface area (Å²) < 4.78 is 11.2. The first-order valence-corrected chi connectivity index (χ1v) is 8.60. The van der Waals surface area contributed by atoms with Crippen LogP contribution in [-0.4, -0.2) is 25.0 Å². The number of primary amides is 1. The van der Waals surface area contributed by atoms with E-state index in [1.165, 1.54) is 0 Å². The van der Waals surface area contributed by atoms with Crippen LogP contribution in [0.2, 0.25) is 0 Å². The van der Waals surface area contributed by atoms with E-state index >= 15 is 0 Å². The van der Waals surface area contributed by atoms with Crippen LogP contribution < -0.4 is 20.5 Å². The maximum absolute atomic E-state index is 12.1. The van der Waals surface area contributed by atoms with Crippen molar-refractivity contribution in [2.45, 2.75) is 25.8 Å². The molecule has 6 nitrogen and oxygen atoms in total. The lowest BCUT2D eigenvalue weighted by Crippen LogP contribution is -2.37. The van der Waals surface area contributed by atoms with E-state index in [9.17, 15) is 9.59 Å². The lowest BCUT2D eigenvalue weighted by Gasteiger charge is -2.16. The number of nitrogens with one attached hydrogen (secondary N) is 1. The molecule has 1 atom stereocenters. The molecule has 138 valence electrons. The van der Waals surface area contributed by atoms with E-state index in [2.05, 4.69) is 5.32 Å². The van der Waals surface area contributed by atoms with Gasteiger partial charge in [0.1, 0.15) is 6.04 Å². The first kappa shape index (κ1) is 19.3. The molecule has 0 aliphatic rings. The molecule has 0 aliphatic heterocycles. The highest BCUT2D eigenvalue weighted by molar-refractivity contribution is 5.87. The van der Waals surface area contributed by atoms with Gasteiger partial charge in [0.15, 0.2) is 11.5 Å². The van der Waals surface area contributed by atoms with Gasteiger partial charge in [0.2, 0.25) is 11.8 Å². The van der Waals surface area contributed by atoms with E-state index in [-0.39, 0.29) is 12.3 Å². The zero-order valence-electron chi connectivity index (χ0n) is 14.8. The van der Waals surface area contributed by atoms with Gasteiger partial charge in [-0.05, 0) is 31.0 Å². The van der Waals surface area contributed by atoms with Crippen LogP contribution in [-0.2, 0) is 9.59 Å². The molecule has 1 unspecified atom stereocenters. The van der Waals surface area contributed by atoms with Gasteiger partial charge in [-0.15, -0.1) is 0 Å². The molecule has 2 aromatic rings. The average molecular weight is 356 g/mol. The van der Waals surface area contributed by atoms with Gasteiger partial charge in [-0.3, -0.25) is 9.59 Å². The molecule has 2 rings (SSSR count). The largest absolute Gasteiger partial charge is 0.490 e. The Labute approximate surface area is 153 Å². The minimum atomic E-state index is -0.830. The highest BCUT2D eigenvalue weighted by Gasteiger charge is 2.19. The Balaban J connectivity index is 1.81. The quantitative estimate of drug-likeness (QED) is 0.640. The molecule has 26 heavy (non-hydrogen) atoms. The van der Waals surface area contributed by atoms with Crippen LogP contribution in [0.15, 0.2) is 54.6 Å². The zero-order chi connectivity index (χ0) is 18.8. The first-order chi connectivity index (χ1) is 12.6. The van der Waals surface area contributed by atoms with Crippen molar-refractivity contribution in [1.29, 1.82) is 0 Å². The van der Waals surface area contributed by atoms with Gasteiger partial charge in [-0.25, -0.2) is 0 Å². The predicted octanol–water partition coefficient (Wildman–Crippen LogP) is 2.59. The third kappa shape index (κ3) is 5.81. The first-order valence-electron chi connectivity index (χ1n) is 8.60. The highest BCUT2D eigenvalue weighted by Crippen LogP contribution is 2.26. The van der Waals surface area contributed by atoms with Crippen molar-refractivity contribution in [2.75, 3.05) is 13.2 Å². The van der Waals surface area contributed by atoms with Crippen LogP contribution >= 0.6 is 0 Å². The zero-order valence-corrected chi connectivity index (χ0v) is 14.8. The lowest BCUT2D eigenvalue weighted by molar-refractivity contribution is -0.127. The van der Waals surface area contributed by atoms with Gasteiger partial charge in [0, 0.05) is 6.42 Å². The van der Waals surface area contributed by atoms with E-state index in [0.29, 0.717) is 36.7 Å². The third-order valence-corrected chi connectivity index (χ3v) is 3.68. The van der Waals surface area contributed by atoms with Crippen LogP contribution in [0, 0.1) is 0 Å². The van der Waals surface area contributed by atoms with Gasteiger partial charge < -0.3 is 20.5 Å². The Hall–Kier alpha value is -3.02. The molecule has 0 fully saturated rings. The number of carbonyl (C=O) groups excluding carboxylic acids is 2. The minimum absolute atomic E-state index is 0.230. The molecule has 0 aliphatic carbocycles. The van der Waals surface area contributed by atoms with E-state index < -0.39 is 11.9 Å². The van der Waals surface area contributed by atoms with Crippen molar-refractivity contribution in [3.8, 4) is 11.5 Å². The van der Waals surface area contributed by atoms with Crippen LogP contribution in [0.25, 0.3) is 0 Å². The van der Waals surface area contributed by atoms with Crippen molar-refractivity contribution in [1.82, 2.24) is 5.32 Å². The number of benzene rings is 2. The van der Waals surface area contributed by atoms with Crippen molar-refractivity contribution in [3.05, 3.63) is 60.2 Å². The molecule has 0 saturated heterocycles. The molecular formula is C20H24N2O4. The summed E-state index contributed by atoms with van der Waals surface area (Å²) in [5, 5.41) is 2.67. The Morgan fingerprint density at radius 2 is 1.62 bits per heavy atom. The fourth-order valence-corrected chi connectivity index (χ4v) is 2.46. The molecule has 6 heteroatoms. The van der Waals surface area contributed by atoms with Gasteiger partial charge in [0.05, 0.1) is 13.2 Å². The predicted molar refractivity (Wildman–Crippen MR) is 98.9 cm³/mol. The summed E-state index contributed by atoms with van der Waals surface area (Å²) in [4.78, 5) is 23.7. The minimum Gasteiger partial charge on any atom is -0.490 e. The molecule has 0 spiro atoms. The van der Waals surface area contributed by atoms with Gasteiger partial charge in [0.25, 0.3) is 0 Å². The summed E-state index contributed by atoms with van der Waals surface area (Å²) in [5.41, 5.74) is 6.06. The summed E-state index contributed by atoms with van der Waals surface area (Å²) in [6, 6.07) is 15.5. The fraction of sp³-hybridized carbons (Fsp3) is 0.300. The standard InChI is InChI=1S/C20H24N2O4/c1-2-25-16-11-6-7-12-17(16)26-14-8-13-18(23)22-19(20(21)24)15-9-4-3-5-10-15/h3-7,9-12,19H,2,8,13-14H2,1H3,(H2,21,24)(H,22,23). The molecule has 0 aromatic heterocycles. The Bertz CT molecular complexity index is 719. The summed E-state index contributed by atoms with van der Waals surface area (Å²) >= 11 is 0. The maximum atomic E-state index is 12.1. The lowest BCUT2D eigenvalue weighted by atomic mass is 10.1. The van der Waals surface area contributed by atoms with E-state index in [1.807, 2.05) is 37.3 Å². The number of para-hydroxylation sites is 2. The summed E-state index contributed by atoms with van der Waals surface area (Å²) in [5.74, 6) is 0.483. The number of amides is 2. The number of rotatable bonds is 10. The third-order valence-electron chi connectivity index (χ3n) is 3.68. The van der Waals surface area contributed by atoms with Gasteiger partial charge >= 0.3 is 0 Å². The van der Waals surface area contributed by atoms with Crippen molar-refractivity contribution >= 4 is 11.8 Å². The van der Waals surface area contributed by atoms with Gasteiger partial charge in [-0.2, -0.15) is 0 Å². The number of nitrogens with two attached hydrogens (primary N) is 1. The molecule has 0 radical (unpaired) electrons. The van der Waals surface area contributed by atoms with Crippen LogP contribution in [0.5, 0.6) is 11.5 Å². The summed E-state index contributed by atoms with van der Waals surface area (Å²) in [7, 11) is 0. The van der Waals surface area contributed by atoms with Crippen LogP contribution in [0.3, 0.4) is 0 Å².